The van der Waals surface area contributed by atoms with Crippen LogP contribution < -0.4 is 0 Å². The Kier molecular flexibility index (Phi) is 3.02. The van der Waals surface area contributed by atoms with Crippen molar-refractivity contribution in [3.8, 4) is 0 Å². The van der Waals surface area contributed by atoms with Gasteiger partial charge in [-0.1, -0.05) is 34.6 Å². The maximum Gasteiger partial charge on any atom is 0.0602 e. The fraction of sp³-hybridized carbons (Fsp3) is 1.00. The summed E-state index contributed by atoms with van der Waals surface area (Å²) in [5.74, 6) is 3.52. The van der Waals surface area contributed by atoms with Gasteiger partial charge in [-0.2, -0.15) is 0 Å². The second kappa shape index (κ2) is 4.30. The van der Waals surface area contributed by atoms with Crippen molar-refractivity contribution >= 4 is 0 Å². The van der Waals surface area contributed by atoms with Crippen LogP contribution in [0, 0.1) is 45.8 Å². The number of hydrogen-bond donors (Lipinski definition) is 2. The lowest BCUT2D eigenvalue weighted by Crippen LogP contribution is -2.58. The second-order valence-electron chi connectivity index (χ2n) is 10.4. The Labute approximate surface area is 135 Å². The van der Waals surface area contributed by atoms with Gasteiger partial charge in [0.05, 0.1) is 12.2 Å². The molecule has 0 heterocycles. The van der Waals surface area contributed by atoms with Crippen molar-refractivity contribution in [3.63, 3.8) is 0 Å². The monoisotopic (exact) mass is 306 g/mol. The first-order chi connectivity index (χ1) is 10.1. The summed E-state index contributed by atoms with van der Waals surface area (Å²) < 4.78 is 0. The molecule has 22 heavy (non-hydrogen) atoms. The SMILES string of the molecule is CC(C)[C@@H]1CC[C@@]2(C)[C@H]1[C@H]1[C@@H]3C[C@]3(C)[C@H](O)C[C@]1(C)C[C@@H]2O. The molecule has 4 saturated carbocycles. The van der Waals surface area contributed by atoms with Crippen LogP contribution in [0.25, 0.3) is 0 Å². The van der Waals surface area contributed by atoms with Crippen molar-refractivity contribution in [2.75, 3.05) is 0 Å². The van der Waals surface area contributed by atoms with Gasteiger partial charge in [-0.15, -0.1) is 0 Å². The highest BCUT2D eigenvalue weighted by Crippen LogP contribution is 2.76. The first kappa shape index (κ1) is 15.4. The summed E-state index contributed by atoms with van der Waals surface area (Å²) in [6, 6.07) is 0. The summed E-state index contributed by atoms with van der Waals surface area (Å²) in [6.07, 6.45) is 5.15. The molecule has 4 rings (SSSR count). The number of rotatable bonds is 1. The Bertz CT molecular complexity index is 488. The minimum Gasteiger partial charge on any atom is -0.393 e. The van der Waals surface area contributed by atoms with Crippen molar-refractivity contribution in [2.45, 2.75) is 78.9 Å². The molecule has 2 heteroatoms. The van der Waals surface area contributed by atoms with E-state index in [4.69, 9.17) is 0 Å². The van der Waals surface area contributed by atoms with Gasteiger partial charge >= 0.3 is 0 Å². The predicted molar refractivity (Wildman–Crippen MR) is 88.2 cm³/mol. The molecule has 126 valence electrons. The molecule has 0 bridgehead atoms. The van der Waals surface area contributed by atoms with Crippen LogP contribution >= 0.6 is 0 Å². The molecule has 9 atom stereocenters. The topological polar surface area (TPSA) is 40.5 Å². The van der Waals surface area contributed by atoms with Crippen molar-refractivity contribution in [1.82, 2.24) is 0 Å². The molecule has 0 aromatic rings. The quantitative estimate of drug-likeness (QED) is 0.772. The molecule has 2 nitrogen and oxygen atoms in total. The lowest BCUT2D eigenvalue weighted by Gasteiger charge is -2.60. The molecule has 0 spiro atoms. The van der Waals surface area contributed by atoms with Crippen LogP contribution in [-0.2, 0) is 0 Å². The van der Waals surface area contributed by atoms with Gasteiger partial charge in [0.1, 0.15) is 0 Å². The third-order valence-corrected chi connectivity index (χ3v) is 8.91. The first-order valence-corrected chi connectivity index (χ1v) is 9.50. The molecule has 0 aliphatic heterocycles. The Balaban J connectivity index is 1.78. The van der Waals surface area contributed by atoms with E-state index in [-0.39, 0.29) is 28.5 Å². The summed E-state index contributed by atoms with van der Waals surface area (Å²) in [5.41, 5.74) is 0.434. The minimum absolute atomic E-state index is 0.116. The molecule has 0 amide bonds. The van der Waals surface area contributed by atoms with E-state index in [2.05, 4.69) is 34.6 Å². The normalized spacial score (nSPS) is 63.3. The van der Waals surface area contributed by atoms with E-state index in [9.17, 15) is 10.2 Å². The number of aliphatic hydroxyl groups is 2. The Morgan fingerprint density at radius 3 is 2.05 bits per heavy atom. The zero-order valence-corrected chi connectivity index (χ0v) is 15.0. The van der Waals surface area contributed by atoms with Crippen molar-refractivity contribution in [1.29, 1.82) is 0 Å². The molecular weight excluding hydrogens is 272 g/mol. The van der Waals surface area contributed by atoms with Gasteiger partial charge in [-0.05, 0) is 77.9 Å². The van der Waals surface area contributed by atoms with Crippen molar-refractivity contribution < 1.29 is 10.2 Å². The summed E-state index contributed by atoms with van der Waals surface area (Å²) in [6.45, 7) is 11.8. The third kappa shape index (κ3) is 1.69. The van der Waals surface area contributed by atoms with E-state index in [1.807, 2.05) is 0 Å². The summed E-state index contributed by atoms with van der Waals surface area (Å²) in [4.78, 5) is 0. The van der Waals surface area contributed by atoms with Gasteiger partial charge in [0.15, 0.2) is 0 Å². The van der Waals surface area contributed by atoms with E-state index in [1.54, 1.807) is 0 Å². The molecule has 2 N–H and O–H groups in total. The highest BCUT2D eigenvalue weighted by molar-refractivity contribution is 5.21. The van der Waals surface area contributed by atoms with E-state index >= 15 is 0 Å². The number of fused-ring (bicyclic) bond motifs is 5. The van der Waals surface area contributed by atoms with E-state index in [0.717, 1.165) is 18.8 Å². The van der Waals surface area contributed by atoms with Gasteiger partial charge in [0.2, 0.25) is 0 Å². The zero-order valence-electron chi connectivity index (χ0n) is 15.0. The summed E-state index contributed by atoms with van der Waals surface area (Å²) in [7, 11) is 0. The lowest BCUT2D eigenvalue weighted by atomic mass is 9.46. The van der Waals surface area contributed by atoms with Crippen LogP contribution in [0.15, 0.2) is 0 Å². The molecule has 0 aromatic carbocycles. The van der Waals surface area contributed by atoms with Crippen LogP contribution in [0.1, 0.15) is 66.7 Å². The predicted octanol–water partition coefficient (Wildman–Crippen LogP) is 3.85. The van der Waals surface area contributed by atoms with Gasteiger partial charge in [-0.3, -0.25) is 0 Å². The van der Waals surface area contributed by atoms with Crippen LogP contribution in [-0.4, -0.2) is 22.4 Å². The van der Waals surface area contributed by atoms with Crippen LogP contribution in [0.5, 0.6) is 0 Å². The van der Waals surface area contributed by atoms with E-state index < -0.39 is 0 Å². The molecule has 0 saturated heterocycles. The van der Waals surface area contributed by atoms with Gasteiger partial charge in [0, 0.05) is 0 Å². The fourth-order valence-corrected chi connectivity index (χ4v) is 7.34. The fourth-order valence-electron chi connectivity index (χ4n) is 7.34. The average Bonchev–Trinajstić information content (AvgIpc) is 2.95. The standard InChI is InChI=1S/C20H34O2/c1-11(2)12-6-7-19(4)14(21)9-18(3)10-15(22)20(5)8-13(20)17(18)16(12)19/h11-17,21-22H,6-10H2,1-5H3/t12-,13-,14-,15+,16+,17+,18-,19+,20-/m0/s1. The highest BCUT2D eigenvalue weighted by Gasteiger charge is 2.72. The third-order valence-electron chi connectivity index (χ3n) is 8.91. The minimum atomic E-state index is -0.183. The van der Waals surface area contributed by atoms with Crippen LogP contribution in [0.4, 0.5) is 0 Å². The molecule has 4 fully saturated rings. The molecule has 4 aliphatic rings. The summed E-state index contributed by atoms with van der Waals surface area (Å²) >= 11 is 0. The highest BCUT2D eigenvalue weighted by atomic mass is 16.3. The summed E-state index contributed by atoms with van der Waals surface area (Å²) in [5, 5.41) is 21.7. The van der Waals surface area contributed by atoms with Crippen LogP contribution in [0.2, 0.25) is 0 Å². The molecule has 4 aliphatic carbocycles. The number of hydrogen-bond acceptors (Lipinski definition) is 2. The lowest BCUT2D eigenvalue weighted by molar-refractivity contribution is -0.170. The van der Waals surface area contributed by atoms with Gasteiger partial charge in [0.25, 0.3) is 0 Å². The first-order valence-electron chi connectivity index (χ1n) is 9.50. The van der Waals surface area contributed by atoms with Crippen molar-refractivity contribution in [2.24, 2.45) is 45.8 Å². The van der Waals surface area contributed by atoms with Crippen LogP contribution in [0.3, 0.4) is 0 Å². The maximum absolute atomic E-state index is 11.0. The Hall–Kier alpha value is -0.0800. The van der Waals surface area contributed by atoms with Crippen molar-refractivity contribution in [3.05, 3.63) is 0 Å². The van der Waals surface area contributed by atoms with Gasteiger partial charge < -0.3 is 10.2 Å². The number of aliphatic hydroxyl groups excluding tert-OH is 2. The van der Waals surface area contributed by atoms with E-state index in [0.29, 0.717) is 23.7 Å². The largest absolute Gasteiger partial charge is 0.393 e. The molecule has 0 radical (unpaired) electrons. The maximum atomic E-state index is 11.0. The molecular formula is C20H34O2. The van der Waals surface area contributed by atoms with E-state index in [1.165, 1.54) is 19.3 Å². The second-order valence-corrected chi connectivity index (χ2v) is 10.4. The molecule has 0 unspecified atom stereocenters. The molecule has 0 aromatic heterocycles. The van der Waals surface area contributed by atoms with Gasteiger partial charge in [-0.25, -0.2) is 0 Å². The Morgan fingerprint density at radius 2 is 1.45 bits per heavy atom. The average molecular weight is 306 g/mol. The smallest absolute Gasteiger partial charge is 0.0602 e. The Morgan fingerprint density at radius 1 is 0.864 bits per heavy atom. The zero-order chi connectivity index (χ0) is 16.1.